The summed E-state index contributed by atoms with van der Waals surface area (Å²) in [6, 6.07) is 5.23. The van der Waals surface area contributed by atoms with Crippen molar-refractivity contribution in [3.05, 3.63) is 22.4 Å². The van der Waals surface area contributed by atoms with Crippen molar-refractivity contribution >= 4 is 23.1 Å². The van der Waals surface area contributed by atoms with Gasteiger partial charge in [-0.2, -0.15) is 11.8 Å². The van der Waals surface area contributed by atoms with Crippen LogP contribution in [0.4, 0.5) is 0 Å². The van der Waals surface area contributed by atoms with E-state index in [1.807, 2.05) is 11.8 Å². The van der Waals surface area contributed by atoms with Gasteiger partial charge in [-0.25, -0.2) is 0 Å². The van der Waals surface area contributed by atoms with E-state index in [9.17, 15) is 0 Å². The first-order valence-corrected chi connectivity index (χ1v) is 7.91. The fourth-order valence-electron chi connectivity index (χ4n) is 2.08. The van der Waals surface area contributed by atoms with Crippen molar-refractivity contribution < 1.29 is 5.11 Å². The molecule has 0 spiro atoms. The molecule has 0 bridgehead atoms. The summed E-state index contributed by atoms with van der Waals surface area (Å²) in [6.07, 6.45) is 3.35. The second-order valence-corrected chi connectivity index (χ2v) is 6.34. The van der Waals surface area contributed by atoms with E-state index >= 15 is 0 Å². The largest absolute Gasteiger partial charge is 0.396 e. The van der Waals surface area contributed by atoms with Crippen LogP contribution in [0.15, 0.2) is 17.5 Å². The van der Waals surface area contributed by atoms with Crippen LogP contribution in [0.3, 0.4) is 0 Å². The van der Waals surface area contributed by atoms with Crippen LogP contribution < -0.4 is 5.32 Å². The molecule has 1 aromatic rings. The van der Waals surface area contributed by atoms with Crippen LogP contribution in [0.1, 0.15) is 30.2 Å². The van der Waals surface area contributed by atoms with Crippen molar-refractivity contribution in [2.45, 2.75) is 31.3 Å². The van der Waals surface area contributed by atoms with Gasteiger partial charge in [-0.05, 0) is 42.2 Å². The molecule has 1 aliphatic heterocycles. The van der Waals surface area contributed by atoms with E-state index in [1.54, 1.807) is 11.3 Å². The molecule has 2 nitrogen and oxygen atoms in total. The third-order valence-corrected chi connectivity index (χ3v) is 5.00. The minimum absolute atomic E-state index is 0.261. The maximum Gasteiger partial charge on any atom is 0.0449 e. The predicted octanol–water partition coefficient (Wildman–Crippen LogP) is 2.66. The lowest BCUT2D eigenvalue weighted by atomic mass is 10.1. The summed E-state index contributed by atoms with van der Waals surface area (Å²) >= 11 is 3.83. The van der Waals surface area contributed by atoms with Crippen LogP contribution in [-0.2, 0) is 0 Å². The number of nitrogens with one attached hydrogen (secondary N) is 1. The highest BCUT2D eigenvalue weighted by atomic mass is 32.2. The molecule has 16 heavy (non-hydrogen) atoms. The van der Waals surface area contributed by atoms with Crippen LogP contribution in [-0.4, -0.2) is 29.3 Å². The van der Waals surface area contributed by atoms with Crippen LogP contribution in [0.5, 0.6) is 0 Å². The van der Waals surface area contributed by atoms with Crippen molar-refractivity contribution in [2.75, 3.05) is 18.1 Å². The molecule has 0 aromatic carbocycles. The number of thiophene rings is 1. The zero-order chi connectivity index (χ0) is 11.2. The number of hydrogen-bond donors (Lipinski definition) is 2. The molecule has 4 heteroatoms. The first kappa shape index (κ1) is 12.4. The van der Waals surface area contributed by atoms with E-state index in [-0.39, 0.29) is 6.61 Å². The summed E-state index contributed by atoms with van der Waals surface area (Å²) in [6.45, 7) is 0.261. The van der Waals surface area contributed by atoms with Crippen LogP contribution >= 0.6 is 23.1 Å². The lowest BCUT2D eigenvalue weighted by Crippen LogP contribution is -2.35. The van der Waals surface area contributed by atoms with Gasteiger partial charge in [0.2, 0.25) is 0 Å². The summed E-state index contributed by atoms with van der Waals surface area (Å²) < 4.78 is 0. The monoisotopic (exact) mass is 257 g/mol. The molecule has 2 rings (SSSR count). The third kappa shape index (κ3) is 3.48. The normalized spacial score (nSPS) is 19.8. The number of aliphatic hydroxyl groups is 1. The quantitative estimate of drug-likeness (QED) is 0.850. The number of thioether (sulfide) groups is 1. The van der Waals surface area contributed by atoms with E-state index < -0.39 is 0 Å². The molecule has 90 valence electrons. The molecular weight excluding hydrogens is 238 g/mol. The molecule has 0 saturated carbocycles. The molecule has 1 saturated heterocycles. The van der Waals surface area contributed by atoms with Crippen molar-refractivity contribution in [1.82, 2.24) is 5.32 Å². The molecule has 2 N–H and O–H groups in total. The smallest absolute Gasteiger partial charge is 0.0449 e. The number of aliphatic hydroxyl groups excluding tert-OH is 1. The van der Waals surface area contributed by atoms with Crippen LogP contribution in [0, 0.1) is 0 Å². The highest BCUT2D eigenvalue weighted by molar-refractivity contribution is 7.99. The van der Waals surface area contributed by atoms with E-state index in [1.165, 1.54) is 29.2 Å². The lowest BCUT2D eigenvalue weighted by Gasteiger charge is -2.27. The van der Waals surface area contributed by atoms with Gasteiger partial charge in [0.1, 0.15) is 0 Å². The predicted molar refractivity (Wildman–Crippen MR) is 72.2 cm³/mol. The van der Waals surface area contributed by atoms with E-state index in [0.29, 0.717) is 12.1 Å². The average molecular weight is 257 g/mol. The Balaban J connectivity index is 1.91. The molecule has 1 fully saturated rings. The molecule has 0 amide bonds. The van der Waals surface area contributed by atoms with E-state index in [4.69, 9.17) is 5.11 Å². The van der Waals surface area contributed by atoms with Crippen molar-refractivity contribution in [2.24, 2.45) is 0 Å². The molecule has 1 atom stereocenters. The Hall–Kier alpha value is -0.0300. The second-order valence-electron chi connectivity index (χ2n) is 4.13. The SMILES string of the molecule is OCCC(NC1CCSCC1)c1cccs1. The summed E-state index contributed by atoms with van der Waals surface area (Å²) in [4.78, 5) is 1.35. The van der Waals surface area contributed by atoms with Gasteiger partial charge in [0.05, 0.1) is 0 Å². The summed E-state index contributed by atoms with van der Waals surface area (Å²) in [5.74, 6) is 2.54. The molecule has 1 aromatic heterocycles. The molecule has 2 heterocycles. The highest BCUT2D eigenvalue weighted by Gasteiger charge is 2.19. The number of hydrogen-bond acceptors (Lipinski definition) is 4. The Labute approximate surface area is 105 Å². The van der Waals surface area contributed by atoms with Crippen molar-refractivity contribution in [1.29, 1.82) is 0 Å². The Morgan fingerprint density at radius 1 is 1.44 bits per heavy atom. The lowest BCUT2D eigenvalue weighted by molar-refractivity contribution is 0.258. The van der Waals surface area contributed by atoms with Crippen LogP contribution in [0.2, 0.25) is 0 Å². The summed E-state index contributed by atoms with van der Waals surface area (Å²) in [5, 5.41) is 14.9. The molecule has 1 aliphatic rings. The minimum atomic E-state index is 0.261. The van der Waals surface area contributed by atoms with E-state index in [2.05, 4.69) is 22.8 Å². The van der Waals surface area contributed by atoms with Crippen LogP contribution in [0.25, 0.3) is 0 Å². The first-order valence-electron chi connectivity index (χ1n) is 5.88. The van der Waals surface area contributed by atoms with Gasteiger partial charge in [0.15, 0.2) is 0 Å². The average Bonchev–Trinajstić information content (AvgIpc) is 2.83. The zero-order valence-corrected chi connectivity index (χ0v) is 11.0. The van der Waals surface area contributed by atoms with E-state index in [0.717, 1.165) is 6.42 Å². The summed E-state index contributed by atoms with van der Waals surface area (Å²) in [7, 11) is 0. The molecule has 0 aliphatic carbocycles. The van der Waals surface area contributed by atoms with Gasteiger partial charge < -0.3 is 10.4 Å². The highest BCUT2D eigenvalue weighted by Crippen LogP contribution is 2.25. The Morgan fingerprint density at radius 2 is 2.25 bits per heavy atom. The fraction of sp³-hybridized carbons (Fsp3) is 0.667. The van der Waals surface area contributed by atoms with Gasteiger partial charge in [0.25, 0.3) is 0 Å². The fourth-order valence-corrected chi connectivity index (χ4v) is 4.00. The van der Waals surface area contributed by atoms with Gasteiger partial charge in [-0.3, -0.25) is 0 Å². The Kier molecular flexibility index (Phi) is 5.16. The maximum absolute atomic E-state index is 9.13. The molecule has 0 radical (unpaired) electrons. The Bertz CT molecular complexity index is 283. The van der Waals surface area contributed by atoms with Gasteiger partial charge >= 0.3 is 0 Å². The van der Waals surface area contributed by atoms with Crippen molar-refractivity contribution in [3.63, 3.8) is 0 Å². The summed E-state index contributed by atoms with van der Waals surface area (Å²) in [5.41, 5.74) is 0. The second kappa shape index (κ2) is 6.64. The Morgan fingerprint density at radius 3 is 2.88 bits per heavy atom. The minimum Gasteiger partial charge on any atom is -0.396 e. The molecular formula is C12H19NOS2. The third-order valence-electron chi connectivity index (χ3n) is 2.96. The van der Waals surface area contributed by atoms with Gasteiger partial charge in [-0.15, -0.1) is 11.3 Å². The zero-order valence-electron chi connectivity index (χ0n) is 9.39. The first-order chi connectivity index (χ1) is 7.90. The topological polar surface area (TPSA) is 32.3 Å². The van der Waals surface area contributed by atoms with Gasteiger partial charge in [0, 0.05) is 23.6 Å². The standard InChI is InChI=1S/C12H19NOS2/c14-6-3-11(12-2-1-7-16-12)13-10-4-8-15-9-5-10/h1-2,7,10-11,13-14H,3-6,8-9H2. The number of rotatable bonds is 5. The van der Waals surface area contributed by atoms with Crippen molar-refractivity contribution in [3.8, 4) is 0 Å². The maximum atomic E-state index is 9.13. The van der Waals surface area contributed by atoms with Gasteiger partial charge in [-0.1, -0.05) is 6.07 Å². The molecule has 1 unspecified atom stereocenters.